The Kier molecular flexibility index (Phi) is 5.63. The molecule has 32 heavy (non-hydrogen) atoms. The molecule has 0 radical (unpaired) electrons. The van der Waals surface area contributed by atoms with E-state index < -0.39 is 23.1 Å². The molecule has 0 atom stereocenters. The predicted molar refractivity (Wildman–Crippen MR) is 117 cm³/mol. The molecule has 1 amide bonds. The van der Waals surface area contributed by atoms with Gasteiger partial charge in [0, 0.05) is 17.1 Å². The van der Waals surface area contributed by atoms with Crippen LogP contribution >= 0.6 is 0 Å². The molecule has 0 saturated carbocycles. The molecule has 0 fully saturated rings. The minimum absolute atomic E-state index is 0.393. The van der Waals surface area contributed by atoms with Gasteiger partial charge in [-0.05, 0) is 74.9 Å². The van der Waals surface area contributed by atoms with Gasteiger partial charge < -0.3 is 10.6 Å². The van der Waals surface area contributed by atoms with E-state index in [0.29, 0.717) is 23.0 Å². The number of carbonyl (C=O) groups is 1. The van der Waals surface area contributed by atoms with Crippen LogP contribution in [0.3, 0.4) is 0 Å². The Labute approximate surface area is 183 Å². The number of nitrogens with zero attached hydrogens (tertiary/aromatic N) is 4. The molecule has 0 bridgehead atoms. The molecule has 0 aliphatic heterocycles. The second-order valence-electron chi connectivity index (χ2n) is 7.24. The van der Waals surface area contributed by atoms with Crippen LogP contribution in [0.5, 0.6) is 0 Å². The summed E-state index contributed by atoms with van der Waals surface area (Å²) in [4.78, 5) is 12.2. The van der Waals surface area contributed by atoms with E-state index in [4.69, 9.17) is 0 Å². The monoisotopic (exact) mass is 434 g/mol. The Bertz CT molecular complexity index is 1260. The SMILES string of the molecule is Cc1nn(-c2ccc(Nc3ccc(NC(=O)c4c(F)cccc4F)cc3)nn2)c(C)c1C. The van der Waals surface area contributed by atoms with E-state index in [2.05, 4.69) is 25.9 Å². The lowest BCUT2D eigenvalue weighted by molar-refractivity contribution is 0.101. The Hall–Kier alpha value is -4.14. The average molecular weight is 434 g/mol. The Morgan fingerprint density at radius 3 is 2.09 bits per heavy atom. The fraction of sp³-hybridized carbons (Fsp3) is 0.130. The molecule has 9 heteroatoms. The smallest absolute Gasteiger partial charge is 0.261 e. The quantitative estimate of drug-likeness (QED) is 0.469. The van der Waals surface area contributed by atoms with Crippen molar-refractivity contribution in [2.24, 2.45) is 0 Å². The fourth-order valence-electron chi connectivity index (χ4n) is 3.14. The van der Waals surface area contributed by atoms with Crippen molar-refractivity contribution in [2.45, 2.75) is 20.8 Å². The third kappa shape index (κ3) is 4.18. The van der Waals surface area contributed by atoms with Crippen LogP contribution in [-0.4, -0.2) is 25.9 Å². The molecule has 2 aromatic heterocycles. The second kappa shape index (κ2) is 8.54. The summed E-state index contributed by atoms with van der Waals surface area (Å²) >= 11 is 0. The van der Waals surface area contributed by atoms with Crippen LogP contribution in [0.2, 0.25) is 0 Å². The van der Waals surface area contributed by atoms with Gasteiger partial charge in [-0.15, -0.1) is 10.2 Å². The largest absolute Gasteiger partial charge is 0.339 e. The molecule has 4 aromatic rings. The highest BCUT2D eigenvalue weighted by molar-refractivity contribution is 6.04. The number of rotatable bonds is 5. The zero-order valence-corrected chi connectivity index (χ0v) is 17.6. The Morgan fingerprint density at radius 1 is 0.875 bits per heavy atom. The Morgan fingerprint density at radius 2 is 1.53 bits per heavy atom. The first-order valence-electron chi connectivity index (χ1n) is 9.83. The highest BCUT2D eigenvalue weighted by Gasteiger charge is 2.17. The van der Waals surface area contributed by atoms with Crippen molar-refractivity contribution in [3.05, 3.63) is 88.7 Å². The van der Waals surface area contributed by atoms with Gasteiger partial charge in [-0.1, -0.05) is 6.07 Å². The van der Waals surface area contributed by atoms with Crippen LogP contribution in [0.25, 0.3) is 5.82 Å². The fourth-order valence-corrected chi connectivity index (χ4v) is 3.14. The van der Waals surface area contributed by atoms with E-state index in [1.54, 1.807) is 35.0 Å². The summed E-state index contributed by atoms with van der Waals surface area (Å²) < 4.78 is 29.3. The van der Waals surface area contributed by atoms with Gasteiger partial charge in [0.05, 0.1) is 5.69 Å². The lowest BCUT2D eigenvalue weighted by atomic mass is 10.1. The van der Waals surface area contributed by atoms with Crippen molar-refractivity contribution in [2.75, 3.05) is 10.6 Å². The molecule has 2 aromatic carbocycles. The molecule has 2 N–H and O–H groups in total. The number of halogens is 2. The van der Waals surface area contributed by atoms with Gasteiger partial charge in [-0.3, -0.25) is 4.79 Å². The van der Waals surface area contributed by atoms with Crippen molar-refractivity contribution in [1.29, 1.82) is 0 Å². The topological polar surface area (TPSA) is 84.7 Å². The van der Waals surface area contributed by atoms with Crippen LogP contribution in [0.15, 0.2) is 54.6 Å². The van der Waals surface area contributed by atoms with Crippen LogP contribution in [0, 0.1) is 32.4 Å². The van der Waals surface area contributed by atoms with Gasteiger partial charge in [0.2, 0.25) is 0 Å². The summed E-state index contributed by atoms with van der Waals surface area (Å²) in [7, 11) is 0. The van der Waals surface area contributed by atoms with Crippen molar-refractivity contribution in [1.82, 2.24) is 20.0 Å². The minimum atomic E-state index is -0.918. The summed E-state index contributed by atoms with van der Waals surface area (Å²) in [6, 6.07) is 13.5. The lowest BCUT2D eigenvalue weighted by Gasteiger charge is -2.09. The lowest BCUT2D eigenvalue weighted by Crippen LogP contribution is -2.15. The summed E-state index contributed by atoms with van der Waals surface area (Å²) in [5.74, 6) is -1.56. The summed E-state index contributed by atoms with van der Waals surface area (Å²) in [5.41, 5.74) is 3.53. The molecule has 0 aliphatic rings. The Balaban J connectivity index is 1.43. The van der Waals surface area contributed by atoms with E-state index >= 15 is 0 Å². The first kappa shape index (κ1) is 21.1. The molecule has 162 valence electrons. The number of anilines is 3. The third-order valence-corrected chi connectivity index (χ3v) is 5.13. The maximum atomic E-state index is 13.8. The molecule has 0 unspecified atom stereocenters. The van der Waals surface area contributed by atoms with E-state index in [0.717, 1.165) is 29.1 Å². The van der Waals surface area contributed by atoms with Crippen molar-refractivity contribution in [3.8, 4) is 5.82 Å². The summed E-state index contributed by atoms with van der Waals surface area (Å²) in [5, 5.41) is 18.5. The van der Waals surface area contributed by atoms with Gasteiger partial charge in [-0.25, -0.2) is 13.5 Å². The average Bonchev–Trinajstić information content (AvgIpc) is 3.03. The molecule has 0 aliphatic carbocycles. The van der Waals surface area contributed by atoms with Crippen molar-refractivity contribution < 1.29 is 13.6 Å². The number of amides is 1. The van der Waals surface area contributed by atoms with Gasteiger partial charge in [-0.2, -0.15) is 5.10 Å². The van der Waals surface area contributed by atoms with Crippen LogP contribution in [-0.2, 0) is 0 Å². The molecule has 0 saturated heterocycles. The zero-order valence-electron chi connectivity index (χ0n) is 17.6. The zero-order chi connectivity index (χ0) is 22.8. The second-order valence-corrected chi connectivity index (χ2v) is 7.24. The van der Waals surface area contributed by atoms with E-state index in [1.807, 2.05) is 26.8 Å². The normalized spacial score (nSPS) is 10.8. The van der Waals surface area contributed by atoms with Gasteiger partial charge in [0.1, 0.15) is 17.2 Å². The highest BCUT2D eigenvalue weighted by Crippen LogP contribution is 2.20. The van der Waals surface area contributed by atoms with Crippen molar-refractivity contribution in [3.63, 3.8) is 0 Å². The number of hydrogen-bond acceptors (Lipinski definition) is 5. The number of carbonyl (C=O) groups excluding carboxylic acids is 1. The minimum Gasteiger partial charge on any atom is -0.339 e. The molecular formula is C23H20F2N6O. The summed E-state index contributed by atoms with van der Waals surface area (Å²) in [6.07, 6.45) is 0. The molecule has 4 rings (SSSR count). The first-order chi connectivity index (χ1) is 15.3. The molecule has 2 heterocycles. The number of aryl methyl sites for hydroxylation is 1. The van der Waals surface area contributed by atoms with Crippen LogP contribution in [0.4, 0.5) is 26.0 Å². The van der Waals surface area contributed by atoms with E-state index in [9.17, 15) is 13.6 Å². The third-order valence-electron chi connectivity index (χ3n) is 5.13. The number of hydrogen-bond donors (Lipinski definition) is 2. The summed E-state index contributed by atoms with van der Waals surface area (Å²) in [6.45, 7) is 5.93. The molecule has 0 spiro atoms. The number of nitrogens with one attached hydrogen (secondary N) is 2. The van der Waals surface area contributed by atoms with Crippen LogP contribution in [0.1, 0.15) is 27.3 Å². The maximum absolute atomic E-state index is 13.8. The van der Waals surface area contributed by atoms with Crippen LogP contribution < -0.4 is 10.6 Å². The standard InChI is InChI=1S/C23H20F2N6O/c1-13-14(2)30-31(15(13)3)21-12-11-20(28-29-21)26-16-7-9-17(10-8-16)27-23(32)22-18(24)5-4-6-19(22)25/h4-12H,1-3H3,(H,26,28)(H,27,32). The van der Waals surface area contributed by atoms with Gasteiger partial charge in [0.15, 0.2) is 11.6 Å². The molecule has 7 nitrogen and oxygen atoms in total. The van der Waals surface area contributed by atoms with Gasteiger partial charge in [0.25, 0.3) is 5.91 Å². The maximum Gasteiger partial charge on any atom is 0.261 e. The first-order valence-corrected chi connectivity index (χ1v) is 9.83. The van der Waals surface area contributed by atoms with Crippen molar-refractivity contribution >= 4 is 23.1 Å². The van der Waals surface area contributed by atoms with E-state index in [-0.39, 0.29) is 0 Å². The number of aromatic nitrogens is 4. The molecular weight excluding hydrogens is 414 g/mol. The van der Waals surface area contributed by atoms with E-state index in [1.165, 1.54) is 6.07 Å². The van der Waals surface area contributed by atoms with Gasteiger partial charge >= 0.3 is 0 Å². The number of benzene rings is 2. The predicted octanol–water partition coefficient (Wildman–Crippen LogP) is 4.86. The highest BCUT2D eigenvalue weighted by atomic mass is 19.1.